The Morgan fingerprint density at radius 1 is 1.11 bits per heavy atom. The Morgan fingerprint density at radius 2 is 1.89 bits per heavy atom. The predicted octanol–water partition coefficient (Wildman–Crippen LogP) is 3.57. The fourth-order valence-electron chi connectivity index (χ4n) is 4.61. The number of methoxy groups -OCH3 is 1. The number of amides is 3. The van der Waals surface area contributed by atoms with Crippen LogP contribution in [0.25, 0.3) is 11.1 Å². The molecule has 8 nitrogen and oxygen atoms in total. The molecule has 2 atom stereocenters. The van der Waals surface area contributed by atoms with Gasteiger partial charge in [0.05, 0.1) is 18.9 Å². The van der Waals surface area contributed by atoms with E-state index in [-0.39, 0.29) is 24.0 Å². The highest BCUT2D eigenvalue weighted by Crippen LogP contribution is 2.39. The highest BCUT2D eigenvalue weighted by molar-refractivity contribution is 5.89. The van der Waals surface area contributed by atoms with E-state index in [1.54, 1.807) is 12.0 Å². The second-order valence-corrected chi connectivity index (χ2v) is 10.3. The number of hydrogen-bond donors (Lipinski definition) is 3. The molecule has 0 aromatic heterocycles. The lowest BCUT2D eigenvalue weighted by molar-refractivity contribution is -0.140. The molecule has 1 saturated carbocycles. The van der Waals surface area contributed by atoms with Gasteiger partial charge in [-0.05, 0) is 73.6 Å². The molecule has 0 radical (unpaired) electrons. The molecule has 8 heteroatoms. The van der Waals surface area contributed by atoms with E-state index in [9.17, 15) is 14.4 Å². The van der Waals surface area contributed by atoms with Crippen molar-refractivity contribution >= 4 is 17.9 Å². The molecule has 2 aromatic carbocycles. The second kappa shape index (κ2) is 9.60. The Balaban J connectivity index is 1.62. The van der Waals surface area contributed by atoms with Gasteiger partial charge in [0, 0.05) is 25.2 Å². The van der Waals surface area contributed by atoms with E-state index in [4.69, 9.17) is 9.84 Å². The standard InChI is InChI=1S/C27H33N3O5/c1-27(2,3)29-26(34)30-11-10-20-19(16-6-5-7-18(12-16)35-4)9-8-17(23(20)15-30)14-28-24(31)21-13-22(21)25(32)33/h5-9,12,21-22H,10-11,13-15H2,1-4H3,(H,28,31)(H,29,34)(H,32,33). The zero-order chi connectivity index (χ0) is 25.3. The van der Waals surface area contributed by atoms with Crippen molar-refractivity contribution in [2.75, 3.05) is 13.7 Å². The van der Waals surface area contributed by atoms with Gasteiger partial charge in [-0.3, -0.25) is 9.59 Å². The first-order valence-electron chi connectivity index (χ1n) is 11.9. The third kappa shape index (κ3) is 5.58. The van der Waals surface area contributed by atoms with Crippen molar-refractivity contribution < 1.29 is 24.2 Å². The Kier molecular flexibility index (Phi) is 6.74. The second-order valence-electron chi connectivity index (χ2n) is 10.3. The van der Waals surface area contributed by atoms with Gasteiger partial charge in [-0.25, -0.2) is 4.79 Å². The molecule has 186 valence electrons. The quantitative estimate of drug-likeness (QED) is 0.587. The number of fused-ring (bicyclic) bond motifs is 1. The molecule has 35 heavy (non-hydrogen) atoms. The van der Waals surface area contributed by atoms with E-state index in [0.717, 1.165) is 33.6 Å². The average Bonchev–Trinajstić information content (AvgIpc) is 3.62. The number of carbonyl (C=O) groups is 3. The lowest BCUT2D eigenvalue weighted by Gasteiger charge is -2.34. The first-order valence-corrected chi connectivity index (χ1v) is 11.9. The number of nitrogens with one attached hydrogen (secondary N) is 2. The van der Waals surface area contributed by atoms with Crippen molar-refractivity contribution in [3.8, 4) is 16.9 Å². The molecule has 4 rings (SSSR count). The van der Waals surface area contributed by atoms with Crippen LogP contribution in [0, 0.1) is 11.8 Å². The van der Waals surface area contributed by atoms with Gasteiger partial charge in [-0.15, -0.1) is 0 Å². The number of aliphatic carboxylic acids is 1. The van der Waals surface area contributed by atoms with Gasteiger partial charge in [-0.1, -0.05) is 24.3 Å². The molecule has 1 fully saturated rings. The van der Waals surface area contributed by atoms with Crippen molar-refractivity contribution in [2.24, 2.45) is 11.8 Å². The van der Waals surface area contributed by atoms with E-state index >= 15 is 0 Å². The average molecular weight is 480 g/mol. The van der Waals surface area contributed by atoms with Crippen LogP contribution in [0.5, 0.6) is 5.75 Å². The Bertz CT molecular complexity index is 1150. The summed E-state index contributed by atoms with van der Waals surface area (Å²) in [5.74, 6) is -1.44. The molecule has 1 heterocycles. The van der Waals surface area contributed by atoms with Crippen LogP contribution in [-0.2, 0) is 29.1 Å². The number of nitrogens with zero attached hydrogens (tertiary/aromatic N) is 1. The lowest BCUT2D eigenvalue weighted by Crippen LogP contribution is -2.50. The third-order valence-electron chi connectivity index (χ3n) is 6.56. The van der Waals surface area contributed by atoms with Crippen LogP contribution in [0.15, 0.2) is 36.4 Å². The number of carboxylic acid groups (broad SMARTS) is 1. The predicted molar refractivity (Wildman–Crippen MR) is 132 cm³/mol. The summed E-state index contributed by atoms with van der Waals surface area (Å²) in [5, 5.41) is 15.1. The summed E-state index contributed by atoms with van der Waals surface area (Å²) in [7, 11) is 1.64. The number of urea groups is 1. The number of ether oxygens (including phenoxy) is 1. The van der Waals surface area contributed by atoms with Gasteiger partial charge in [0.15, 0.2) is 0 Å². The summed E-state index contributed by atoms with van der Waals surface area (Å²) in [6, 6.07) is 11.8. The highest BCUT2D eigenvalue weighted by atomic mass is 16.5. The van der Waals surface area contributed by atoms with Crippen LogP contribution in [-0.4, -0.2) is 47.1 Å². The molecule has 2 aromatic rings. The van der Waals surface area contributed by atoms with Gasteiger partial charge in [0.2, 0.25) is 5.91 Å². The normalized spacial score (nSPS) is 18.9. The fraction of sp³-hybridized carbons (Fsp3) is 0.444. The number of benzene rings is 2. The Hall–Kier alpha value is -3.55. The maximum atomic E-state index is 12.9. The van der Waals surface area contributed by atoms with Crippen molar-refractivity contribution in [1.82, 2.24) is 15.5 Å². The lowest BCUT2D eigenvalue weighted by atomic mass is 9.87. The van der Waals surface area contributed by atoms with E-state index in [1.165, 1.54) is 0 Å². The number of rotatable bonds is 6. The molecule has 2 aliphatic rings. The van der Waals surface area contributed by atoms with Gasteiger partial charge in [0.1, 0.15) is 5.75 Å². The SMILES string of the molecule is COc1cccc(-c2ccc(CNC(=O)C3CC3C(=O)O)c3c2CCN(C(=O)NC(C)(C)C)C3)c1. The number of carboxylic acids is 1. The zero-order valence-electron chi connectivity index (χ0n) is 20.7. The first kappa shape index (κ1) is 24.6. The summed E-state index contributed by atoms with van der Waals surface area (Å²) < 4.78 is 5.41. The van der Waals surface area contributed by atoms with Gasteiger partial charge in [0.25, 0.3) is 0 Å². The van der Waals surface area contributed by atoms with Crippen LogP contribution in [0.1, 0.15) is 43.9 Å². The molecule has 2 unspecified atom stereocenters. The Labute approximate surface area is 205 Å². The molecule has 3 N–H and O–H groups in total. The highest BCUT2D eigenvalue weighted by Gasteiger charge is 2.48. The smallest absolute Gasteiger partial charge is 0.318 e. The van der Waals surface area contributed by atoms with Crippen molar-refractivity contribution in [3.63, 3.8) is 0 Å². The molecular weight excluding hydrogens is 446 g/mol. The van der Waals surface area contributed by atoms with E-state index in [2.05, 4.69) is 16.7 Å². The van der Waals surface area contributed by atoms with Crippen LogP contribution in [0.4, 0.5) is 4.79 Å². The largest absolute Gasteiger partial charge is 0.497 e. The molecule has 1 aliphatic carbocycles. The van der Waals surface area contributed by atoms with Crippen LogP contribution in [0.3, 0.4) is 0 Å². The summed E-state index contributed by atoms with van der Waals surface area (Å²) in [5.41, 5.74) is 4.87. The van der Waals surface area contributed by atoms with Crippen molar-refractivity contribution in [2.45, 2.75) is 52.2 Å². The molecule has 0 spiro atoms. The third-order valence-corrected chi connectivity index (χ3v) is 6.56. The zero-order valence-corrected chi connectivity index (χ0v) is 20.7. The van der Waals surface area contributed by atoms with E-state index < -0.39 is 17.8 Å². The van der Waals surface area contributed by atoms with Gasteiger partial charge >= 0.3 is 12.0 Å². The first-order chi connectivity index (χ1) is 16.6. The minimum atomic E-state index is -0.925. The van der Waals surface area contributed by atoms with Crippen molar-refractivity contribution in [3.05, 3.63) is 53.1 Å². The van der Waals surface area contributed by atoms with Crippen LogP contribution in [0.2, 0.25) is 0 Å². The Morgan fingerprint density at radius 3 is 2.54 bits per heavy atom. The molecule has 0 saturated heterocycles. The number of carbonyl (C=O) groups excluding carboxylic acids is 2. The summed E-state index contributed by atoms with van der Waals surface area (Å²) in [6.07, 6.45) is 1.07. The van der Waals surface area contributed by atoms with Crippen molar-refractivity contribution in [1.29, 1.82) is 0 Å². The van der Waals surface area contributed by atoms with E-state index in [1.807, 2.05) is 51.1 Å². The van der Waals surface area contributed by atoms with E-state index in [0.29, 0.717) is 25.9 Å². The minimum Gasteiger partial charge on any atom is -0.497 e. The molecule has 3 amide bonds. The van der Waals surface area contributed by atoms with Crippen LogP contribution < -0.4 is 15.4 Å². The summed E-state index contributed by atoms with van der Waals surface area (Å²) in [6.45, 7) is 7.16. The summed E-state index contributed by atoms with van der Waals surface area (Å²) in [4.78, 5) is 38.3. The summed E-state index contributed by atoms with van der Waals surface area (Å²) >= 11 is 0. The topological polar surface area (TPSA) is 108 Å². The fourth-order valence-corrected chi connectivity index (χ4v) is 4.61. The molecule has 0 bridgehead atoms. The van der Waals surface area contributed by atoms with Gasteiger partial charge in [-0.2, -0.15) is 0 Å². The monoisotopic (exact) mass is 479 g/mol. The maximum Gasteiger partial charge on any atom is 0.318 e. The number of hydrogen-bond acceptors (Lipinski definition) is 4. The minimum absolute atomic E-state index is 0.118. The maximum absolute atomic E-state index is 12.9. The van der Waals surface area contributed by atoms with Gasteiger partial charge < -0.3 is 25.4 Å². The molecular formula is C27H33N3O5. The van der Waals surface area contributed by atoms with Crippen LogP contribution >= 0.6 is 0 Å². The molecule has 1 aliphatic heterocycles.